The zero-order valence-electron chi connectivity index (χ0n) is 12.7. The fourth-order valence-electron chi connectivity index (χ4n) is 3.82. The summed E-state index contributed by atoms with van der Waals surface area (Å²) in [4.78, 5) is 11.3. The number of aromatic carboxylic acids is 1. The zero-order valence-corrected chi connectivity index (χ0v) is 14.2. The van der Waals surface area contributed by atoms with Crippen molar-refractivity contribution in [1.82, 2.24) is 0 Å². The minimum Gasteiger partial charge on any atom is -0.478 e. The van der Waals surface area contributed by atoms with Crippen molar-refractivity contribution in [2.45, 2.75) is 18.4 Å². The van der Waals surface area contributed by atoms with Gasteiger partial charge in [0, 0.05) is 27.2 Å². The Labute approximate surface area is 149 Å². The highest BCUT2D eigenvalue weighted by atomic mass is 35.5. The Hall–Kier alpha value is -1.97. The van der Waals surface area contributed by atoms with Crippen molar-refractivity contribution in [3.05, 3.63) is 75.3 Å². The maximum atomic E-state index is 11.3. The lowest BCUT2D eigenvalue weighted by molar-refractivity contribution is 0.0696. The molecule has 122 valence electrons. The molecule has 1 aliphatic carbocycles. The van der Waals surface area contributed by atoms with Gasteiger partial charge in [-0.2, -0.15) is 0 Å². The van der Waals surface area contributed by atoms with Gasteiger partial charge in [0.1, 0.15) is 0 Å². The van der Waals surface area contributed by atoms with E-state index in [9.17, 15) is 9.90 Å². The Kier molecular flexibility index (Phi) is 3.78. The molecule has 5 heteroatoms. The van der Waals surface area contributed by atoms with Crippen LogP contribution in [0.5, 0.6) is 0 Å². The molecule has 0 bridgehead atoms. The third-order valence-electron chi connectivity index (χ3n) is 4.92. The second-order valence-electron chi connectivity index (χ2n) is 6.22. The Bertz CT molecular complexity index is 842. The lowest BCUT2D eigenvalue weighted by Gasteiger charge is -2.38. The van der Waals surface area contributed by atoms with E-state index in [1.54, 1.807) is 12.1 Å². The van der Waals surface area contributed by atoms with Gasteiger partial charge in [0.05, 0.1) is 11.6 Å². The van der Waals surface area contributed by atoms with Crippen molar-refractivity contribution in [1.29, 1.82) is 0 Å². The third-order valence-corrected chi connectivity index (χ3v) is 5.58. The van der Waals surface area contributed by atoms with Crippen LogP contribution < -0.4 is 5.32 Å². The summed E-state index contributed by atoms with van der Waals surface area (Å²) in [5.41, 5.74) is 3.18. The van der Waals surface area contributed by atoms with Crippen LogP contribution in [-0.4, -0.2) is 11.1 Å². The largest absolute Gasteiger partial charge is 0.478 e. The van der Waals surface area contributed by atoms with Gasteiger partial charge in [-0.1, -0.05) is 41.4 Å². The number of halogens is 2. The number of fused-ring (bicyclic) bond motifs is 3. The predicted octanol–water partition coefficient (Wildman–Crippen LogP) is 5.52. The lowest BCUT2D eigenvalue weighted by Crippen LogP contribution is -2.29. The van der Waals surface area contributed by atoms with Gasteiger partial charge >= 0.3 is 5.97 Å². The molecular weight excluding hydrogens is 345 g/mol. The number of nitrogens with one attached hydrogen (secondary N) is 1. The topological polar surface area (TPSA) is 49.3 Å². The molecule has 1 aliphatic heterocycles. The van der Waals surface area contributed by atoms with Crippen LogP contribution >= 0.6 is 23.2 Å². The van der Waals surface area contributed by atoms with Gasteiger partial charge in [-0.05, 0) is 48.2 Å². The van der Waals surface area contributed by atoms with E-state index >= 15 is 0 Å². The maximum Gasteiger partial charge on any atom is 0.335 e. The minimum absolute atomic E-state index is 0.00521. The van der Waals surface area contributed by atoms with Gasteiger partial charge in [0.2, 0.25) is 0 Å². The van der Waals surface area contributed by atoms with Crippen molar-refractivity contribution in [2.24, 2.45) is 5.92 Å². The van der Waals surface area contributed by atoms with E-state index in [1.807, 2.05) is 24.3 Å². The highest BCUT2D eigenvalue weighted by Gasteiger charge is 2.39. The first-order valence-corrected chi connectivity index (χ1v) is 8.56. The Morgan fingerprint density at radius 2 is 1.92 bits per heavy atom. The lowest BCUT2D eigenvalue weighted by atomic mass is 9.76. The highest BCUT2D eigenvalue weighted by Crippen LogP contribution is 2.52. The fraction of sp³-hybridized carbons (Fsp3) is 0.211. The van der Waals surface area contributed by atoms with E-state index in [0.29, 0.717) is 15.6 Å². The van der Waals surface area contributed by atoms with Crippen molar-refractivity contribution in [3.8, 4) is 0 Å². The average Bonchev–Trinajstić information content (AvgIpc) is 3.04. The normalized spacial score (nSPS) is 24.2. The molecule has 0 saturated heterocycles. The van der Waals surface area contributed by atoms with E-state index in [1.165, 1.54) is 0 Å². The van der Waals surface area contributed by atoms with Crippen molar-refractivity contribution in [3.63, 3.8) is 0 Å². The molecule has 2 aromatic carbocycles. The Morgan fingerprint density at radius 1 is 1.17 bits per heavy atom. The van der Waals surface area contributed by atoms with Gasteiger partial charge in [0.25, 0.3) is 0 Å². The zero-order chi connectivity index (χ0) is 16.8. The molecule has 0 fully saturated rings. The van der Waals surface area contributed by atoms with E-state index in [4.69, 9.17) is 23.2 Å². The standard InChI is InChI=1S/C19H15Cl2NO2/c20-14-5-2-6-15(21)17(14)18-12-4-1-3-11(12)13-9-10(19(23)24)7-8-16(13)22-18/h1-3,5-9,11-12,18,22H,4H2,(H,23,24)/t11-,12+,18-/m1/s1. The van der Waals surface area contributed by atoms with E-state index in [0.717, 1.165) is 23.2 Å². The monoisotopic (exact) mass is 359 g/mol. The van der Waals surface area contributed by atoms with Crippen LogP contribution in [0.3, 0.4) is 0 Å². The molecule has 2 aliphatic rings. The number of hydrogen-bond donors (Lipinski definition) is 2. The fourth-order valence-corrected chi connectivity index (χ4v) is 4.45. The summed E-state index contributed by atoms with van der Waals surface area (Å²) in [6.45, 7) is 0. The molecule has 1 heterocycles. The second-order valence-corrected chi connectivity index (χ2v) is 7.03. The van der Waals surface area contributed by atoms with Crippen LogP contribution in [0, 0.1) is 5.92 Å². The van der Waals surface area contributed by atoms with Gasteiger partial charge in [0.15, 0.2) is 0 Å². The molecule has 2 aromatic rings. The smallest absolute Gasteiger partial charge is 0.335 e. The van der Waals surface area contributed by atoms with Crippen molar-refractivity contribution in [2.75, 3.05) is 5.32 Å². The van der Waals surface area contributed by atoms with Crippen molar-refractivity contribution < 1.29 is 9.90 Å². The number of hydrogen-bond acceptors (Lipinski definition) is 2. The van der Waals surface area contributed by atoms with Gasteiger partial charge in [-0.15, -0.1) is 0 Å². The first-order valence-electron chi connectivity index (χ1n) is 7.80. The number of anilines is 1. The van der Waals surface area contributed by atoms with Crippen LogP contribution in [0.1, 0.15) is 39.9 Å². The molecule has 3 nitrogen and oxygen atoms in total. The molecule has 2 N–H and O–H groups in total. The van der Waals surface area contributed by atoms with Crippen LogP contribution in [0.4, 0.5) is 5.69 Å². The number of carbonyl (C=O) groups is 1. The van der Waals surface area contributed by atoms with E-state index in [2.05, 4.69) is 17.5 Å². The van der Waals surface area contributed by atoms with E-state index in [-0.39, 0.29) is 17.9 Å². The first kappa shape index (κ1) is 15.6. The van der Waals surface area contributed by atoms with Gasteiger partial charge in [-0.3, -0.25) is 0 Å². The Balaban J connectivity index is 1.83. The Morgan fingerprint density at radius 3 is 2.62 bits per heavy atom. The summed E-state index contributed by atoms with van der Waals surface area (Å²) in [6, 6.07) is 10.8. The van der Waals surface area contributed by atoms with Gasteiger partial charge in [-0.25, -0.2) is 4.79 Å². The van der Waals surface area contributed by atoms with Crippen molar-refractivity contribution >= 4 is 34.9 Å². The summed E-state index contributed by atoms with van der Waals surface area (Å²) in [5, 5.41) is 14.1. The number of carboxylic acid groups (broad SMARTS) is 1. The quantitative estimate of drug-likeness (QED) is 0.694. The molecule has 0 spiro atoms. The van der Waals surface area contributed by atoms with Crippen LogP contribution in [0.15, 0.2) is 48.6 Å². The van der Waals surface area contributed by atoms with Crippen LogP contribution in [0.2, 0.25) is 10.0 Å². The number of rotatable bonds is 2. The van der Waals surface area contributed by atoms with E-state index < -0.39 is 5.97 Å². The molecule has 0 aromatic heterocycles. The predicted molar refractivity (Wildman–Crippen MR) is 96.2 cm³/mol. The minimum atomic E-state index is -0.910. The maximum absolute atomic E-state index is 11.3. The van der Waals surface area contributed by atoms with Crippen LogP contribution in [-0.2, 0) is 0 Å². The molecule has 24 heavy (non-hydrogen) atoms. The summed E-state index contributed by atoms with van der Waals surface area (Å²) in [6.07, 6.45) is 5.21. The summed E-state index contributed by atoms with van der Waals surface area (Å²) >= 11 is 12.8. The molecule has 0 unspecified atom stereocenters. The van der Waals surface area contributed by atoms with Crippen LogP contribution in [0.25, 0.3) is 0 Å². The second kappa shape index (κ2) is 5.83. The highest BCUT2D eigenvalue weighted by molar-refractivity contribution is 6.36. The third kappa shape index (κ3) is 2.40. The summed E-state index contributed by atoms with van der Waals surface area (Å²) in [7, 11) is 0. The van der Waals surface area contributed by atoms with Gasteiger partial charge < -0.3 is 10.4 Å². The molecule has 0 saturated carbocycles. The number of carboxylic acids is 1. The molecule has 0 radical (unpaired) electrons. The number of benzene rings is 2. The summed E-state index contributed by atoms with van der Waals surface area (Å²) in [5.74, 6) is -0.482. The SMILES string of the molecule is O=C(O)c1ccc2c(c1)[C@@H]1C=CC[C@@H]1[C@H](c1c(Cl)cccc1Cl)N2. The molecular formula is C19H15Cl2NO2. The molecule has 4 rings (SSSR count). The first-order chi connectivity index (χ1) is 11.6. The molecule has 0 amide bonds. The average molecular weight is 360 g/mol. The molecule has 3 atom stereocenters. The summed E-state index contributed by atoms with van der Waals surface area (Å²) < 4.78 is 0. The number of allylic oxidation sites excluding steroid dienone is 2.